The van der Waals surface area contributed by atoms with Gasteiger partial charge in [0.2, 0.25) is 0 Å². The number of likely N-dealkylation sites (N-methyl/N-ethyl adjacent to an activating group) is 1. The zero-order chi connectivity index (χ0) is 19.1. The highest BCUT2D eigenvalue weighted by atomic mass is 16.5. The lowest BCUT2D eigenvalue weighted by Crippen LogP contribution is -2.24. The van der Waals surface area contributed by atoms with E-state index in [4.69, 9.17) is 4.74 Å². The number of hydrogen-bond donors (Lipinski definition) is 0. The molecular weight excluding hydrogens is 340 g/mol. The Bertz CT molecular complexity index is 930. The van der Waals surface area contributed by atoms with E-state index in [0.29, 0.717) is 13.2 Å². The van der Waals surface area contributed by atoms with Gasteiger partial charge in [0, 0.05) is 24.7 Å². The molecule has 0 unspecified atom stereocenters. The normalized spacial score (nSPS) is 10.9. The molecule has 2 aromatic carbocycles. The van der Waals surface area contributed by atoms with E-state index in [1.807, 2.05) is 55.7 Å². The van der Waals surface area contributed by atoms with E-state index < -0.39 is 0 Å². The molecule has 0 saturated carbocycles. The smallest absolute Gasteiger partial charge is 0.330 e. The van der Waals surface area contributed by atoms with Crippen molar-refractivity contribution >= 4 is 28.6 Å². The summed E-state index contributed by atoms with van der Waals surface area (Å²) in [6.07, 6.45) is 4.92. The van der Waals surface area contributed by atoms with Gasteiger partial charge in [0.15, 0.2) is 0 Å². The quantitative estimate of drug-likeness (QED) is 0.471. The summed E-state index contributed by atoms with van der Waals surface area (Å²) in [4.78, 5) is 17.7. The zero-order valence-corrected chi connectivity index (χ0v) is 15.5. The highest BCUT2D eigenvalue weighted by Gasteiger charge is 2.07. The number of nitrogens with zero attached hydrogens (tertiary/aromatic N) is 2. The van der Waals surface area contributed by atoms with Crippen molar-refractivity contribution in [2.45, 2.75) is 0 Å². The van der Waals surface area contributed by atoms with Crippen LogP contribution in [0.1, 0.15) is 5.56 Å². The van der Waals surface area contributed by atoms with Gasteiger partial charge in [-0.25, -0.2) is 9.78 Å². The molecule has 3 rings (SSSR count). The van der Waals surface area contributed by atoms with Crippen molar-refractivity contribution < 1.29 is 14.3 Å². The minimum absolute atomic E-state index is 0.375. The van der Waals surface area contributed by atoms with Crippen LogP contribution in [-0.2, 0) is 9.53 Å². The second-order valence-corrected chi connectivity index (χ2v) is 6.05. The molecule has 5 nitrogen and oxygen atoms in total. The third-order valence-corrected chi connectivity index (χ3v) is 4.20. The molecule has 1 heterocycles. The Hall–Kier alpha value is -3.34. The maximum Gasteiger partial charge on any atom is 0.330 e. The second-order valence-electron chi connectivity index (χ2n) is 6.05. The van der Waals surface area contributed by atoms with Crippen molar-refractivity contribution in [1.29, 1.82) is 0 Å². The fraction of sp³-hybridized carbons (Fsp3) is 0.182. The molecule has 0 radical (unpaired) electrons. The van der Waals surface area contributed by atoms with Gasteiger partial charge >= 0.3 is 5.97 Å². The Morgan fingerprint density at radius 2 is 1.89 bits per heavy atom. The van der Waals surface area contributed by atoms with Crippen molar-refractivity contribution in [1.82, 2.24) is 4.98 Å². The molecule has 1 aromatic heterocycles. The van der Waals surface area contributed by atoms with Gasteiger partial charge in [-0.2, -0.15) is 0 Å². The summed E-state index contributed by atoms with van der Waals surface area (Å²) in [5.74, 6) is 1.35. The molecule has 5 heteroatoms. The van der Waals surface area contributed by atoms with Gasteiger partial charge < -0.3 is 14.4 Å². The first-order chi connectivity index (χ1) is 13.2. The third-order valence-electron chi connectivity index (χ3n) is 4.20. The number of anilines is 1. The van der Waals surface area contributed by atoms with Crippen LogP contribution in [0, 0.1) is 0 Å². The average Bonchev–Trinajstić information content (AvgIpc) is 2.72. The maximum atomic E-state index is 11.1. The molecule has 0 aliphatic rings. The monoisotopic (exact) mass is 362 g/mol. The zero-order valence-electron chi connectivity index (χ0n) is 15.5. The topological polar surface area (TPSA) is 51.7 Å². The maximum absolute atomic E-state index is 11.1. The molecule has 0 aliphatic carbocycles. The third kappa shape index (κ3) is 4.85. The highest BCUT2D eigenvalue weighted by molar-refractivity contribution is 5.92. The predicted octanol–water partition coefficient (Wildman–Crippen LogP) is 3.94. The van der Waals surface area contributed by atoms with Crippen LogP contribution in [0.4, 0.5) is 5.82 Å². The van der Waals surface area contributed by atoms with Crippen LogP contribution in [0.5, 0.6) is 5.75 Å². The first-order valence-electron chi connectivity index (χ1n) is 8.71. The van der Waals surface area contributed by atoms with E-state index in [-0.39, 0.29) is 5.97 Å². The Kier molecular flexibility index (Phi) is 6.05. The molecule has 0 atom stereocenters. The minimum Gasteiger partial charge on any atom is -0.492 e. The van der Waals surface area contributed by atoms with Gasteiger partial charge in [-0.15, -0.1) is 0 Å². The van der Waals surface area contributed by atoms with Gasteiger partial charge in [-0.1, -0.05) is 36.4 Å². The lowest BCUT2D eigenvalue weighted by molar-refractivity contribution is -0.134. The summed E-state index contributed by atoms with van der Waals surface area (Å²) in [5.41, 5.74) is 0.907. The van der Waals surface area contributed by atoms with Crippen LogP contribution in [0.2, 0.25) is 0 Å². The van der Waals surface area contributed by atoms with Crippen LogP contribution in [0.15, 0.2) is 66.9 Å². The van der Waals surface area contributed by atoms with E-state index >= 15 is 0 Å². The number of aromatic nitrogens is 1. The number of esters is 1. The van der Waals surface area contributed by atoms with Crippen molar-refractivity contribution in [2.75, 3.05) is 32.2 Å². The molecule has 3 aromatic rings. The van der Waals surface area contributed by atoms with Crippen molar-refractivity contribution in [2.24, 2.45) is 0 Å². The highest BCUT2D eigenvalue weighted by Crippen LogP contribution is 2.23. The molecule has 0 saturated heterocycles. The lowest BCUT2D eigenvalue weighted by Gasteiger charge is -2.20. The molecule has 0 spiro atoms. The first kappa shape index (κ1) is 18.5. The first-order valence-corrected chi connectivity index (χ1v) is 8.71. The average molecular weight is 362 g/mol. The van der Waals surface area contributed by atoms with Crippen LogP contribution in [0.25, 0.3) is 16.8 Å². The van der Waals surface area contributed by atoms with Crippen LogP contribution < -0.4 is 9.64 Å². The molecular formula is C22H22N2O3. The molecule has 0 bridgehead atoms. The summed E-state index contributed by atoms with van der Waals surface area (Å²) in [6, 6.07) is 17.8. The molecule has 27 heavy (non-hydrogen) atoms. The fourth-order valence-corrected chi connectivity index (χ4v) is 2.72. The van der Waals surface area contributed by atoms with E-state index in [9.17, 15) is 4.79 Å². The van der Waals surface area contributed by atoms with Crippen molar-refractivity contribution in [3.05, 3.63) is 72.4 Å². The molecule has 0 N–H and O–H groups in total. The van der Waals surface area contributed by atoms with Crippen molar-refractivity contribution in [3.8, 4) is 5.75 Å². The van der Waals surface area contributed by atoms with Crippen LogP contribution in [-0.4, -0.2) is 38.3 Å². The Labute approximate surface area is 158 Å². The number of rotatable bonds is 7. The number of carbonyl (C=O) groups excluding carboxylic acids is 1. The number of ether oxygens (including phenoxy) is 2. The molecule has 0 fully saturated rings. The number of benzene rings is 2. The SMILES string of the molecule is COC(=O)/C=C/c1ccc(OCCN(C)c2nccc3ccccc23)cc1. The summed E-state index contributed by atoms with van der Waals surface area (Å²) < 4.78 is 10.4. The van der Waals surface area contributed by atoms with Crippen LogP contribution >= 0.6 is 0 Å². The molecule has 0 amide bonds. The standard InChI is InChI=1S/C22H22N2O3/c1-24(22-20-6-4-3-5-18(20)13-14-23-22)15-16-27-19-10-7-17(8-11-19)9-12-21(25)26-2/h3-14H,15-16H2,1-2H3/b12-9+. The summed E-state index contributed by atoms with van der Waals surface area (Å²) in [5, 5.41) is 2.30. The summed E-state index contributed by atoms with van der Waals surface area (Å²) in [6.45, 7) is 1.25. The van der Waals surface area contributed by atoms with E-state index in [2.05, 4.69) is 26.8 Å². The number of carbonyl (C=O) groups is 1. The van der Waals surface area contributed by atoms with Gasteiger partial charge in [-0.05, 0) is 35.2 Å². The molecule has 138 valence electrons. The lowest BCUT2D eigenvalue weighted by atomic mass is 10.1. The van der Waals surface area contributed by atoms with Gasteiger partial charge in [-0.3, -0.25) is 0 Å². The number of hydrogen-bond acceptors (Lipinski definition) is 5. The number of methoxy groups -OCH3 is 1. The van der Waals surface area contributed by atoms with Gasteiger partial charge in [0.25, 0.3) is 0 Å². The number of pyridine rings is 1. The summed E-state index contributed by atoms with van der Waals surface area (Å²) in [7, 11) is 3.37. The van der Waals surface area contributed by atoms with E-state index in [0.717, 1.165) is 22.5 Å². The largest absolute Gasteiger partial charge is 0.492 e. The van der Waals surface area contributed by atoms with E-state index in [1.165, 1.54) is 18.6 Å². The van der Waals surface area contributed by atoms with Crippen molar-refractivity contribution in [3.63, 3.8) is 0 Å². The Morgan fingerprint density at radius 3 is 2.67 bits per heavy atom. The summed E-state index contributed by atoms with van der Waals surface area (Å²) >= 11 is 0. The second kappa shape index (κ2) is 8.85. The fourth-order valence-electron chi connectivity index (χ4n) is 2.72. The molecule has 0 aliphatic heterocycles. The predicted molar refractivity (Wildman–Crippen MR) is 108 cm³/mol. The van der Waals surface area contributed by atoms with Gasteiger partial charge in [0.1, 0.15) is 18.2 Å². The van der Waals surface area contributed by atoms with Crippen LogP contribution in [0.3, 0.4) is 0 Å². The minimum atomic E-state index is -0.375. The number of fused-ring (bicyclic) bond motifs is 1. The van der Waals surface area contributed by atoms with E-state index in [1.54, 1.807) is 6.08 Å². The Balaban J connectivity index is 1.56. The Morgan fingerprint density at radius 1 is 1.11 bits per heavy atom. The van der Waals surface area contributed by atoms with Gasteiger partial charge in [0.05, 0.1) is 13.7 Å².